The fraction of sp³-hybridized carbons (Fsp3) is 0.519. The van der Waals surface area contributed by atoms with Gasteiger partial charge in [0.15, 0.2) is 0 Å². The molecule has 0 unspecified atom stereocenters. The van der Waals surface area contributed by atoms with Crippen molar-refractivity contribution in [1.29, 1.82) is 0 Å². The summed E-state index contributed by atoms with van der Waals surface area (Å²) in [5.74, 6) is 0. The van der Waals surface area contributed by atoms with Crippen LogP contribution in [0, 0.1) is 6.92 Å². The molecule has 1 aromatic carbocycles. The molecular formula is C27H40N2O. The maximum absolute atomic E-state index is 11.7. The van der Waals surface area contributed by atoms with E-state index in [1.807, 2.05) is 14.0 Å². The van der Waals surface area contributed by atoms with E-state index in [9.17, 15) is 4.79 Å². The Morgan fingerprint density at radius 3 is 2.37 bits per heavy atom. The van der Waals surface area contributed by atoms with Gasteiger partial charge in [0.1, 0.15) is 6.29 Å². The van der Waals surface area contributed by atoms with E-state index >= 15 is 0 Å². The van der Waals surface area contributed by atoms with E-state index in [2.05, 4.69) is 54.9 Å². The summed E-state index contributed by atoms with van der Waals surface area (Å²) in [5, 5.41) is 3.17. The monoisotopic (exact) mass is 408 g/mol. The third kappa shape index (κ3) is 6.70. The number of carbonyl (C=O) groups excluding carboxylic acids is 1. The number of benzene rings is 1. The lowest BCUT2D eigenvalue weighted by Gasteiger charge is -2.22. The normalized spacial score (nSPS) is 16.9. The molecule has 0 radical (unpaired) electrons. The van der Waals surface area contributed by atoms with E-state index in [0.29, 0.717) is 0 Å². The van der Waals surface area contributed by atoms with Crippen LogP contribution in [0.4, 0.5) is 0 Å². The lowest BCUT2D eigenvalue weighted by atomic mass is 9.85. The molecule has 3 heteroatoms. The highest BCUT2D eigenvalue weighted by atomic mass is 16.1. The summed E-state index contributed by atoms with van der Waals surface area (Å²) < 4.78 is 0. The van der Waals surface area contributed by atoms with Gasteiger partial charge in [0.25, 0.3) is 0 Å². The number of nitrogens with one attached hydrogen (secondary N) is 1. The first kappa shape index (κ1) is 24.1. The lowest BCUT2D eigenvalue weighted by Crippen LogP contribution is -2.25. The number of rotatable bonds is 10. The number of unbranched alkanes of at least 4 members (excludes halogenated alkanes) is 1. The fourth-order valence-electron chi connectivity index (χ4n) is 4.41. The van der Waals surface area contributed by atoms with Gasteiger partial charge in [-0.1, -0.05) is 49.3 Å². The van der Waals surface area contributed by atoms with Crippen molar-refractivity contribution in [3.8, 4) is 0 Å². The van der Waals surface area contributed by atoms with E-state index in [4.69, 9.17) is 0 Å². The van der Waals surface area contributed by atoms with E-state index in [1.165, 1.54) is 68.4 Å². The summed E-state index contributed by atoms with van der Waals surface area (Å²) in [6, 6.07) is 8.44. The molecule has 0 amide bonds. The average molecular weight is 409 g/mol. The number of nitrogens with zero attached hydrogens (tertiary/aromatic N) is 1. The zero-order valence-electron chi connectivity index (χ0n) is 19.5. The first-order valence-electron chi connectivity index (χ1n) is 11.5. The highest BCUT2D eigenvalue weighted by molar-refractivity contribution is 5.92. The van der Waals surface area contributed by atoms with Gasteiger partial charge in [-0.25, -0.2) is 0 Å². The molecule has 0 spiro atoms. The van der Waals surface area contributed by atoms with Crippen LogP contribution in [0.25, 0.3) is 5.57 Å². The van der Waals surface area contributed by atoms with Gasteiger partial charge in [-0.15, -0.1) is 0 Å². The fourth-order valence-corrected chi connectivity index (χ4v) is 4.41. The number of aldehydes is 1. The summed E-state index contributed by atoms with van der Waals surface area (Å²) in [6.45, 7) is 14.2. The van der Waals surface area contributed by atoms with Gasteiger partial charge < -0.3 is 10.2 Å². The maximum Gasteiger partial charge on any atom is 0.146 e. The predicted molar refractivity (Wildman–Crippen MR) is 129 cm³/mol. The Bertz CT molecular complexity index is 780. The number of allylic oxidation sites excluding steroid dienone is 3. The molecule has 1 aromatic rings. The highest BCUT2D eigenvalue weighted by Crippen LogP contribution is 2.35. The molecule has 0 aromatic heterocycles. The largest absolute Gasteiger partial charge is 0.388 e. The zero-order valence-corrected chi connectivity index (χ0v) is 19.5. The van der Waals surface area contributed by atoms with E-state index in [-0.39, 0.29) is 0 Å². The number of likely N-dealkylation sites (N-methyl/N-ethyl adjacent to an activating group) is 1. The third-order valence-electron chi connectivity index (χ3n) is 6.24. The van der Waals surface area contributed by atoms with Crippen LogP contribution in [0.15, 0.2) is 53.3 Å². The van der Waals surface area contributed by atoms with Gasteiger partial charge in [-0.05, 0) is 94.8 Å². The molecule has 164 valence electrons. The smallest absolute Gasteiger partial charge is 0.146 e. The van der Waals surface area contributed by atoms with Crippen LogP contribution in [0.1, 0.15) is 69.9 Å². The van der Waals surface area contributed by atoms with Gasteiger partial charge >= 0.3 is 0 Å². The standard InChI is InChI=1S/C27H40N2O/c1-21-14-8-9-16-25(21)27(26(23(3)20-30)24(4)28-5)22(2)15-10-13-19-29-17-11-6-7-12-18-29/h8-9,14,16,20,28H,4,6-7,10-13,15,17-19H2,1-3,5H3/b26-23+,27-22+. The Morgan fingerprint density at radius 2 is 1.77 bits per heavy atom. The molecule has 0 bridgehead atoms. The topological polar surface area (TPSA) is 32.3 Å². The van der Waals surface area contributed by atoms with Crippen LogP contribution < -0.4 is 5.32 Å². The van der Waals surface area contributed by atoms with E-state index < -0.39 is 0 Å². The van der Waals surface area contributed by atoms with E-state index in [0.717, 1.165) is 41.5 Å². The van der Waals surface area contributed by atoms with Crippen LogP contribution in [0.3, 0.4) is 0 Å². The Balaban J connectivity index is 2.26. The molecule has 2 rings (SSSR count). The lowest BCUT2D eigenvalue weighted by molar-refractivity contribution is -0.104. The Morgan fingerprint density at radius 1 is 1.10 bits per heavy atom. The molecule has 30 heavy (non-hydrogen) atoms. The van der Waals surface area contributed by atoms with Crippen LogP contribution in [-0.4, -0.2) is 37.9 Å². The van der Waals surface area contributed by atoms with Crippen molar-refractivity contribution in [2.24, 2.45) is 0 Å². The average Bonchev–Trinajstić information content (AvgIpc) is 3.03. The molecule has 0 aliphatic carbocycles. The van der Waals surface area contributed by atoms with Crippen molar-refractivity contribution in [3.63, 3.8) is 0 Å². The third-order valence-corrected chi connectivity index (χ3v) is 6.24. The van der Waals surface area contributed by atoms with Crippen molar-refractivity contribution in [2.45, 2.75) is 65.7 Å². The molecule has 1 aliphatic rings. The van der Waals surface area contributed by atoms with Crippen molar-refractivity contribution in [3.05, 3.63) is 64.4 Å². The number of hydrogen-bond donors (Lipinski definition) is 1. The molecular weight excluding hydrogens is 368 g/mol. The van der Waals surface area contributed by atoms with Gasteiger partial charge in [-0.3, -0.25) is 4.79 Å². The van der Waals surface area contributed by atoms with Crippen molar-refractivity contribution < 1.29 is 4.79 Å². The second-order valence-electron chi connectivity index (χ2n) is 8.59. The summed E-state index contributed by atoms with van der Waals surface area (Å²) in [5.41, 5.74) is 7.34. The van der Waals surface area contributed by atoms with Crippen molar-refractivity contribution in [1.82, 2.24) is 10.2 Å². The van der Waals surface area contributed by atoms with Crippen LogP contribution in [0.2, 0.25) is 0 Å². The maximum atomic E-state index is 11.7. The van der Waals surface area contributed by atoms with Crippen molar-refractivity contribution in [2.75, 3.05) is 26.7 Å². The number of likely N-dealkylation sites (tertiary alicyclic amines) is 1. The van der Waals surface area contributed by atoms with Crippen molar-refractivity contribution >= 4 is 11.9 Å². The molecule has 1 heterocycles. The Labute approximate surface area is 183 Å². The van der Waals surface area contributed by atoms with Crippen LogP contribution in [0.5, 0.6) is 0 Å². The first-order valence-corrected chi connectivity index (χ1v) is 11.5. The summed E-state index contributed by atoms with van der Waals surface area (Å²) in [4.78, 5) is 14.4. The Hall–Kier alpha value is -2.13. The number of aryl methyl sites for hydroxylation is 1. The molecule has 0 atom stereocenters. The minimum Gasteiger partial charge on any atom is -0.388 e. The molecule has 1 N–H and O–H groups in total. The summed E-state index contributed by atoms with van der Waals surface area (Å²) in [7, 11) is 1.87. The minimum atomic E-state index is 0.719. The quantitative estimate of drug-likeness (QED) is 0.221. The molecule has 1 aliphatic heterocycles. The first-order chi connectivity index (χ1) is 14.5. The predicted octanol–water partition coefficient (Wildman–Crippen LogP) is 6.06. The van der Waals surface area contributed by atoms with Crippen LogP contribution in [-0.2, 0) is 4.79 Å². The zero-order chi connectivity index (χ0) is 21.9. The number of carbonyl (C=O) groups is 1. The second-order valence-corrected chi connectivity index (χ2v) is 8.59. The highest BCUT2D eigenvalue weighted by Gasteiger charge is 2.18. The number of hydrogen-bond acceptors (Lipinski definition) is 3. The second kappa shape index (κ2) is 12.5. The van der Waals surface area contributed by atoms with Gasteiger partial charge in [0.05, 0.1) is 0 Å². The summed E-state index contributed by atoms with van der Waals surface area (Å²) >= 11 is 0. The molecule has 0 saturated carbocycles. The minimum absolute atomic E-state index is 0.719. The van der Waals surface area contributed by atoms with Gasteiger partial charge in [0, 0.05) is 18.3 Å². The summed E-state index contributed by atoms with van der Waals surface area (Å²) in [6.07, 6.45) is 9.84. The van der Waals surface area contributed by atoms with Crippen LogP contribution >= 0.6 is 0 Å². The molecule has 1 fully saturated rings. The van der Waals surface area contributed by atoms with Gasteiger partial charge in [0.2, 0.25) is 0 Å². The SMILES string of the molecule is C=C(NC)C(=C(/C)C=O)/C(=C(\C)CCCCN1CCCCCC1)c1ccccc1C. The molecule has 1 saturated heterocycles. The van der Waals surface area contributed by atoms with Gasteiger partial charge in [-0.2, -0.15) is 0 Å². The van der Waals surface area contributed by atoms with E-state index in [1.54, 1.807) is 0 Å². The Kier molecular flexibility index (Phi) is 10.1. The molecule has 3 nitrogen and oxygen atoms in total.